The summed E-state index contributed by atoms with van der Waals surface area (Å²) < 4.78 is 2.88. The molecule has 3 rings (SSSR count). The van der Waals surface area contributed by atoms with Crippen LogP contribution in [0.3, 0.4) is 0 Å². The fraction of sp³-hybridized carbons (Fsp3) is 0.533. The molecule has 112 valence electrons. The molecule has 1 fully saturated rings. The van der Waals surface area contributed by atoms with Crippen LogP contribution < -0.4 is 5.73 Å². The third kappa shape index (κ3) is 3.26. The van der Waals surface area contributed by atoms with Crippen LogP contribution in [0.4, 0.5) is 5.69 Å². The highest BCUT2D eigenvalue weighted by Gasteiger charge is 2.21. The van der Waals surface area contributed by atoms with Crippen molar-refractivity contribution in [3.63, 3.8) is 0 Å². The molecule has 0 amide bonds. The molecule has 2 aromatic rings. The van der Waals surface area contributed by atoms with Gasteiger partial charge in [-0.05, 0) is 53.3 Å². The molecule has 0 atom stereocenters. The summed E-state index contributed by atoms with van der Waals surface area (Å²) >= 11 is 3.55. The van der Waals surface area contributed by atoms with Crippen LogP contribution in [0.15, 0.2) is 22.7 Å². The first-order valence-electron chi connectivity index (χ1n) is 7.45. The lowest BCUT2D eigenvalue weighted by Crippen LogP contribution is -2.19. The Bertz CT molecular complexity index is 616. The van der Waals surface area contributed by atoms with Gasteiger partial charge in [-0.2, -0.15) is 0 Å². The molecule has 21 heavy (non-hydrogen) atoms. The Kier molecular flexibility index (Phi) is 4.24. The quantitative estimate of drug-likeness (QED) is 0.860. The highest BCUT2D eigenvalue weighted by atomic mass is 79.9. The van der Waals surface area contributed by atoms with Gasteiger partial charge in [0.05, 0.1) is 0 Å². The van der Waals surface area contributed by atoms with Gasteiger partial charge in [0.25, 0.3) is 0 Å². The van der Waals surface area contributed by atoms with Crippen LogP contribution in [-0.2, 0) is 6.54 Å². The molecular formula is C15H20BrN5. The molecule has 1 aliphatic rings. The summed E-state index contributed by atoms with van der Waals surface area (Å²) in [6, 6.07) is 5.71. The number of hydrogen-bond acceptors (Lipinski definition) is 4. The lowest BCUT2D eigenvalue weighted by atomic mass is 9.83. The zero-order chi connectivity index (χ0) is 14.8. The summed E-state index contributed by atoms with van der Waals surface area (Å²) in [5, 5.41) is 12.2. The number of nitrogens with two attached hydrogens (primary N) is 1. The van der Waals surface area contributed by atoms with Gasteiger partial charge in [0.2, 0.25) is 0 Å². The number of anilines is 1. The van der Waals surface area contributed by atoms with Crippen molar-refractivity contribution in [2.45, 2.75) is 39.2 Å². The number of tetrazole rings is 1. The molecular weight excluding hydrogens is 330 g/mol. The number of nitrogens with zero attached hydrogens (tertiary/aromatic N) is 4. The van der Waals surface area contributed by atoms with Crippen LogP contribution in [0, 0.1) is 11.8 Å². The van der Waals surface area contributed by atoms with Crippen LogP contribution in [0.5, 0.6) is 0 Å². The standard InChI is InChI=1S/C15H20BrN5/c1-10-2-4-11(5-3-10)9-21-15(18-19-20-21)13-8-12(17)6-7-14(13)16/h6-8,10-11H,2-5,9,17H2,1H3. The van der Waals surface area contributed by atoms with Crippen LogP contribution in [0.1, 0.15) is 32.6 Å². The number of rotatable bonds is 3. The minimum Gasteiger partial charge on any atom is -0.399 e. The highest BCUT2D eigenvalue weighted by Crippen LogP contribution is 2.32. The predicted molar refractivity (Wildman–Crippen MR) is 86.5 cm³/mol. The maximum atomic E-state index is 5.88. The fourth-order valence-electron chi connectivity index (χ4n) is 2.99. The summed E-state index contributed by atoms with van der Waals surface area (Å²) in [4.78, 5) is 0. The first-order chi connectivity index (χ1) is 10.1. The largest absolute Gasteiger partial charge is 0.399 e. The first-order valence-corrected chi connectivity index (χ1v) is 8.24. The lowest BCUT2D eigenvalue weighted by Gasteiger charge is -2.26. The number of aromatic nitrogens is 4. The Morgan fingerprint density at radius 1 is 1.29 bits per heavy atom. The van der Waals surface area contributed by atoms with Crippen LogP contribution in [-0.4, -0.2) is 20.2 Å². The zero-order valence-corrected chi connectivity index (χ0v) is 13.8. The summed E-state index contributed by atoms with van der Waals surface area (Å²) in [6.07, 6.45) is 5.14. The molecule has 1 heterocycles. The van der Waals surface area contributed by atoms with E-state index in [-0.39, 0.29) is 0 Å². The molecule has 6 heteroatoms. The minimum atomic E-state index is 0.670. The van der Waals surface area contributed by atoms with Crippen molar-refractivity contribution in [2.24, 2.45) is 11.8 Å². The van der Waals surface area contributed by atoms with Gasteiger partial charge in [-0.25, -0.2) is 4.68 Å². The van der Waals surface area contributed by atoms with Crippen molar-refractivity contribution >= 4 is 21.6 Å². The molecule has 2 N–H and O–H groups in total. The van der Waals surface area contributed by atoms with Crippen molar-refractivity contribution in [3.8, 4) is 11.4 Å². The smallest absolute Gasteiger partial charge is 0.183 e. The number of benzene rings is 1. The molecule has 1 saturated carbocycles. The Morgan fingerprint density at radius 3 is 2.81 bits per heavy atom. The van der Waals surface area contributed by atoms with E-state index in [1.54, 1.807) is 0 Å². The van der Waals surface area contributed by atoms with Crippen molar-refractivity contribution in [1.29, 1.82) is 0 Å². The maximum absolute atomic E-state index is 5.88. The molecule has 0 unspecified atom stereocenters. The highest BCUT2D eigenvalue weighted by molar-refractivity contribution is 9.10. The summed E-state index contributed by atoms with van der Waals surface area (Å²) in [7, 11) is 0. The first kappa shape index (κ1) is 14.5. The molecule has 0 bridgehead atoms. The van der Waals surface area contributed by atoms with Gasteiger partial charge in [-0.15, -0.1) is 5.10 Å². The Balaban J connectivity index is 1.82. The molecule has 1 aliphatic carbocycles. The molecule has 1 aromatic carbocycles. The van der Waals surface area contributed by atoms with Gasteiger partial charge < -0.3 is 5.73 Å². The average Bonchev–Trinajstić information content (AvgIpc) is 2.92. The second-order valence-corrected chi connectivity index (χ2v) is 6.90. The third-order valence-corrected chi connectivity index (χ3v) is 5.02. The van der Waals surface area contributed by atoms with Crippen molar-refractivity contribution in [3.05, 3.63) is 22.7 Å². The Hall–Kier alpha value is -1.43. The minimum absolute atomic E-state index is 0.670. The van der Waals surface area contributed by atoms with Gasteiger partial charge in [-0.3, -0.25) is 0 Å². The van der Waals surface area contributed by atoms with E-state index in [1.165, 1.54) is 25.7 Å². The number of halogens is 1. The lowest BCUT2D eigenvalue weighted by molar-refractivity contribution is 0.257. The normalized spacial score (nSPS) is 22.4. The van der Waals surface area contributed by atoms with E-state index in [4.69, 9.17) is 5.73 Å². The van der Waals surface area contributed by atoms with E-state index in [2.05, 4.69) is 38.4 Å². The van der Waals surface area contributed by atoms with Gasteiger partial charge >= 0.3 is 0 Å². The molecule has 0 aliphatic heterocycles. The van der Waals surface area contributed by atoms with Crippen molar-refractivity contribution in [1.82, 2.24) is 20.2 Å². The molecule has 0 radical (unpaired) electrons. The summed E-state index contributed by atoms with van der Waals surface area (Å²) in [5.74, 6) is 2.31. The fourth-order valence-corrected chi connectivity index (χ4v) is 3.41. The number of nitrogen functional groups attached to an aromatic ring is 1. The average molecular weight is 350 g/mol. The van der Waals surface area contributed by atoms with Crippen LogP contribution in [0.2, 0.25) is 0 Å². The van der Waals surface area contributed by atoms with Crippen LogP contribution >= 0.6 is 15.9 Å². The molecule has 0 spiro atoms. The summed E-state index contributed by atoms with van der Waals surface area (Å²) in [6.45, 7) is 3.22. The van der Waals surface area contributed by atoms with E-state index in [9.17, 15) is 0 Å². The van der Waals surface area contributed by atoms with E-state index in [1.807, 2.05) is 22.9 Å². The topological polar surface area (TPSA) is 69.6 Å². The van der Waals surface area contributed by atoms with Gasteiger partial charge in [-0.1, -0.05) is 35.7 Å². The zero-order valence-electron chi connectivity index (χ0n) is 12.2. The second-order valence-electron chi connectivity index (χ2n) is 6.05. The second kappa shape index (κ2) is 6.13. The maximum Gasteiger partial charge on any atom is 0.183 e. The predicted octanol–water partition coefficient (Wildman–Crippen LogP) is 3.51. The van der Waals surface area contributed by atoms with Crippen molar-refractivity contribution in [2.75, 3.05) is 5.73 Å². The van der Waals surface area contributed by atoms with Gasteiger partial charge in [0.15, 0.2) is 5.82 Å². The molecule has 1 aromatic heterocycles. The van der Waals surface area contributed by atoms with E-state index < -0.39 is 0 Å². The van der Waals surface area contributed by atoms with E-state index in [0.717, 1.165) is 28.3 Å². The van der Waals surface area contributed by atoms with E-state index >= 15 is 0 Å². The SMILES string of the molecule is CC1CCC(Cn2nnnc2-c2cc(N)ccc2Br)CC1. The van der Waals surface area contributed by atoms with Crippen LogP contribution in [0.25, 0.3) is 11.4 Å². The van der Waals surface area contributed by atoms with Gasteiger partial charge in [0.1, 0.15) is 0 Å². The van der Waals surface area contributed by atoms with Crippen molar-refractivity contribution < 1.29 is 0 Å². The number of hydrogen-bond donors (Lipinski definition) is 1. The van der Waals surface area contributed by atoms with Gasteiger partial charge in [0, 0.05) is 22.3 Å². The Morgan fingerprint density at radius 2 is 2.05 bits per heavy atom. The Labute approximate surface area is 133 Å². The van der Waals surface area contributed by atoms with E-state index in [0.29, 0.717) is 11.6 Å². The molecule has 5 nitrogen and oxygen atoms in total. The molecule has 0 saturated heterocycles. The summed E-state index contributed by atoms with van der Waals surface area (Å²) in [5.41, 5.74) is 7.55. The monoisotopic (exact) mass is 349 g/mol. The third-order valence-electron chi connectivity index (χ3n) is 4.33.